The van der Waals surface area contributed by atoms with Crippen molar-refractivity contribution in [2.24, 2.45) is 0 Å². The minimum Gasteiger partial charge on any atom is -0.361 e. The number of amides is 2. The first-order chi connectivity index (χ1) is 17.6. The molecule has 0 aliphatic heterocycles. The average Bonchev–Trinajstić information content (AvgIpc) is 2.95. The van der Waals surface area contributed by atoms with Gasteiger partial charge in [0.2, 0.25) is 11.8 Å². The van der Waals surface area contributed by atoms with Crippen LogP contribution in [0.25, 0.3) is 22.2 Å². The van der Waals surface area contributed by atoms with Crippen molar-refractivity contribution in [2.45, 2.75) is 12.8 Å². The normalized spacial score (nSPS) is 14.9. The van der Waals surface area contributed by atoms with Gasteiger partial charge < -0.3 is 21.7 Å². The van der Waals surface area contributed by atoms with Gasteiger partial charge in [-0.1, -0.05) is 60.7 Å². The SMILES string of the molecule is [N-]=[N+]=C1C=CC(c2ccccc2)=C(C(=O)NCCNC(=O)C2=C(c3ccccc3)C=CC(=[N+]=[N-])C2)C1. The summed E-state index contributed by atoms with van der Waals surface area (Å²) in [5, 5.41) is 5.68. The molecule has 2 N–H and O–H groups in total. The lowest BCUT2D eigenvalue weighted by Crippen LogP contribution is -2.37. The smallest absolute Gasteiger partial charge is 0.296 e. The predicted molar refractivity (Wildman–Crippen MR) is 138 cm³/mol. The minimum absolute atomic E-state index is 0.193. The van der Waals surface area contributed by atoms with Crippen molar-refractivity contribution in [3.63, 3.8) is 0 Å². The zero-order chi connectivity index (χ0) is 25.3. The van der Waals surface area contributed by atoms with Crippen LogP contribution in [0, 0.1) is 0 Å². The summed E-state index contributed by atoms with van der Waals surface area (Å²) < 4.78 is 0. The molecule has 0 aromatic heterocycles. The topological polar surface area (TPSA) is 131 Å². The molecule has 0 bridgehead atoms. The highest BCUT2D eigenvalue weighted by atomic mass is 16.2. The van der Waals surface area contributed by atoms with Crippen molar-refractivity contribution in [3.05, 3.63) is 118 Å². The van der Waals surface area contributed by atoms with Crippen molar-refractivity contribution in [1.82, 2.24) is 10.6 Å². The fourth-order valence-corrected chi connectivity index (χ4v) is 4.12. The molecular weight excluding hydrogens is 452 g/mol. The molecule has 0 radical (unpaired) electrons. The zero-order valence-corrected chi connectivity index (χ0v) is 19.5. The summed E-state index contributed by atoms with van der Waals surface area (Å²) in [5.41, 5.74) is 23.4. The van der Waals surface area contributed by atoms with Gasteiger partial charge in [-0.15, -0.1) is 0 Å². The van der Waals surface area contributed by atoms with Gasteiger partial charge in [0.1, 0.15) is 0 Å². The summed E-state index contributed by atoms with van der Waals surface area (Å²) in [6.45, 7) is 0.409. The molecule has 0 saturated carbocycles. The molecule has 2 aromatic rings. The third kappa shape index (κ3) is 5.59. The highest BCUT2D eigenvalue weighted by Crippen LogP contribution is 2.27. The summed E-state index contributed by atoms with van der Waals surface area (Å²) in [5.74, 6) is -0.596. The van der Waals surface area contributed by atoms with Crippen molar-refractivity contribution in [3.8, 4) is 0 Å². The molecule has 2 aliphatic rings. The van der Waals surface area contributed by atoms with Gasteiger partial charge in [-0.2, -0.15) is 9.58 Å². The average molecular weight is 477 g/mol. The number of nitrogens with zero attached hydrogens (tertiary/aromatic N) is 4. The summed E-state index contributed by atoms with van der Waals surface area (Å²) >= 11 is 0. The summed E-state index contributed by atoms with van der Waals surface area (Å²) in [6.07, 6.45) is 7.27. The Morgan fingerprint density at radius 3 is 1.39 bits per heavy atom. The first kappa shape index (κ1) is 24.2. The quantitative estimate of drug-likeness (QED) is 0.360. The molecule has 2 aliphatic carbocycles. The molecule has 8 nitrogen and oxygen atoms in total. The van der Waals surface area contributed by atoms with Crippen LogP contribution in [0.4, 0.5) is 0 Å². The summed E-state index contributed by atoms with van der Waals surface area (Å²) in [6, 6.07) is 19.0. The van der Waals surface area contributed by atoms with E-state index in [-0.39, 0.29) is 37.7 Å². The Hall–Kier alpha value is -4.90. The third-order valence-electron chi connectivity index (χ3n) is 5.92. The maximum absolute atomic E-state index is 13.0. The Kier molecular flexibility index (Phi) is 7.73. The van der Waals surface area contributed by atoms with Crippen LogP contribution in [0.2, 0.25) is 0 Å². The van der Waals surface area contributed by atoms with E-state index in [0.717, 1.165) is 22.3 Å². The van der Waals surface area contributed by atoms with Crippen LogP contribution in [0.3, 0.4) is 0 Å². The van der Waals surface area contributed by atoms with Crippen LogP contribution in [-0.4, -0.2) is 45.9 Å². The molecule has 36 heavy (non-hydrogen) atoms. The largest absolute Gasteiger partial charge is 0.361 e. The van der Waals surface area contributed by atoms with Crippen LogP contribution < -0.4 is 10.6 Å². The molecule has 0 saturated heterocycles. The second-order valence-electron chi connectivity index (χ2n) is 8.23. The molecule has 0 unspecified atom stereocenters. The van der Waals surface area contributed by atoms with E-state index in [1.54, 1.807) is 24.3 Å². The fraction of sp³-hybridized carbons (Fsp3) is 0.143. The van der Waals surface area contributed by atoms with Crippen molar-refractivity contribution >= 4 is 34.4 Å². The summed E-state index contributed by atoms with van der Waals surface area (Å²) in [4.78, 5) is 32.5. The minimum atomic E-state index is -0.298. The number of hydrogen-bond acceptors (Lipinski definition) is 2. The predicted octanol–water partition coefficient (Wildman–Crippen LogP) is 3.39. The number of hydrogen-bond donors (Lipinski definition) is 2. The zero-order valence-electron chi connectivity index (χ0n) is 19.5. The molecule has 0 spiro atoms. The Morgan fingerprint density at radius 2 is 1.03 bits per heavy atom. The summed E-state index contributed by atoms with van der Waals surface area (Å²) in [7, 11) is 0. The van der Waals surface area contributed by atoms with Crippen molar-refractivity contribution in [2.75, 3.05) is 13.1 Å². The molecule has 0 fully saturated rings. The standard InChI is InChI=1S/C28H24N6O2/c29-33-21-11-13-23(19-7-3-1-4-8-19)25(17-21)27(35)31-15-16-32-28(36)26-18-22(34-30)12-14-24(26)20-9-5-2-6-10-20/h1-14H,15-18H2,(H,31,35)(H,32,36). The highest BCUT2D eigenvalue weighted by molar-refractivity contribution is 6.13. The fourth-order valence-electron chi connectivity index (χ4n) is 4.12. The maximum Gasteiger partial charge on any atom is 0.296 e. The monoisotopic (exact) mass is 476 g/mol. The molecule has 4 rings (SSSR count). The number of allylic oxidation sites excluding steroid dienone is 6. The maximum atomic E-state index is 13.0. The lowest BCUT2D eigenvalue weighted by Gasteiger charge is -2.16. The highest BCUT2D eigenvalue weighted by Gasteiger charge is 2.25. The molecule has 178 valence electrons. The number of rotatable bonds is 7. The third-order valence-corrected chi connectivity index (χ3v) is 5.92. The van der Waals surface area contributed by atoms with E-state index in [9.17, 15) is 20.7 Å². The number of benzene rings is 2. The Morgan fingerprint density at radius 1 is 0.639 bits per heavy atom. The Bertz CT molecular complexity index is 1290. The molecule has 0 heterocycles. The van der Waals surface area contributed by atoms with E-state index in [2.05, 4.69) is 20.2 Å². The van der Waals surface area contributed by atoms with Gasteiger partial charge in [-0.3, -0.25) is 9.59 Å². The van der Waals surface area contributed by atoms with Gasteiger partial charge in [0, 0.05) is 36.4 Å². The van der Waals surface area contributed by atoms with E-state index < -0.39 is 0 Å². The van der Waals surface area contributed by atoms with Gasteiger partial charge in [0.25, 0.3) is 11.4 Å². The number of carbonyl (C=O) groups is 2. The van der Waals surface area contributed by atoms with E-state index in [1.807, 2.05) is 60.7 Å². The van der Waals surface area contributed by atoms with Crippen LogP contribution >= 0.6 is 0 Å². The lowest BCUT2D eigenvalue weighted by atomic mass is 9.90. The Balaban J connectivity index is 1.44. The van der Waals surface area contributed by atoms with Gasteiger partial charge in [-0.05, 0) is 34.4 Å². The lowest BCUT2D eigenvalue weighted by molar-refractivity contribution is -0.119. The molecule has 0 atom stereocenters. The van der Waals surface area contributed by atoms with Gasteiger partial charge in [0.15, 0.2) is 0 Å². The molecular formula is C28H24N6O2. The van der Waals surface area contributed by atoms with Gasteiger partial charge in [-0.25, -0.2) is 0 Å². The molecule has 2 aromatic carbocycles. The number of nitrogens with one attached hydrogen (secondary N) is 2. The number of carbonyl (C=O) groups excluding carboxylic acids is 2. The second kappa shape index (κ2) is 11.5. The van der Waals surface area contributed by atoms with E-state index in [0.29, 0.717) is 22.6 Å². The van der Waals surface area contributed by atoms with E-state index in [4.69, 9.17) is 0 Å². The van der Waals surface area contributed by atoms with Crippen molar-refractivity contribution in [1.29, 1.82) is 0 Å². The Labute approximate surface area is 208 Å². The second-order valence-corrected chi connectivity index (χ2v) is 8.23. The van der Waals surface area contributed by atoms with Gasteiger partial charge in [0.05, 0.1) is 12.8 Å². The first-order valence-corrected chi connectivity index (χ1v) is 11.5. The van der Waals surface area contributed by atoms with Gasteiger partial charge >= 0.3 is 0 Å². The molecule has 8 heteroatoms. The van der Waals surface area contributed by atoms with Crippen LogP contribution in [-0.2, 0) is 9.59 Å². The van der Waals surface area contributed by atoms with Crippen LogP contribution in [0.1, 0.15) is 24.0 Å². The van der Waals surface area contributed by atoms with Crippen LogP contribution in [0.5, 0.6) is 0 Å². The van der Waals surface area contributed by atoms with E-state index >= 15 is 0 Å². The first-order valence-electron chi connectivity index (χ1n) is 11.5. The van der Waals surface area contributed by atoms with E-state index in [1.165, 1.54) is 0 Å². The van der Waals surface area contributed by atoms with Crippen LogP contribution in [0.15, 0.2) is 96.1 Å². The van der Waals surface area contributed by atoms with Crippen molar-refractivity contribution < 1.29 is 19.2 Å². The molecule has 2 amide bonds.